The number of hydrogen-bond donors (Lipinski definition) is 1. The van der Waals surface area contributed by atoms with Crippen LogP contribution >= 0.6 is 15.9 Å². The van der Waals surface area contributed by atoms with Crippen LogP contribution in [0, 0.1) is 6.92 Å². The minimum Gasteiger partial charge on any atom is -0.466 e. The lowest BCUT2D eigenvalue weighted by Crippen LogP contribution is -2.25. The van der Waals surface area contributed by atoms with Crippen LogP contribution in [0.1, 0.15) is 35.7 Å². The van der Waals surface area contributed by atoms with Gasteiger partial charge in [0, 0.05) is 17.4 Å². The molecule has 0 unspecified atom stereocenters. The van der Waals surface area contributed by atoms with Gasteiger partial charge in [-0.15, -0.1) is 0 Å². The SMILES string of the molecule is CCOC(=O)CCCNC(=O)c1ccc(C)cc1Br. The van der Waals surface area contributed by atoms with Gasteiger partial charge >= 0.3 is 5.97 Å². The second kappa shape index (κ2) is 7.94. The number of benzene rings is 1. The topological polar surface area (TPSA) is 55.4 Å². The van der Waals surface area contributed by atoms with E-state index in [0.29, 0.717) is 31.6 Å². The van der Waals surface area contributed by atoms with E-state index in [0.717, 1.165) is 10.0 Å². The van der Waals surface area contributed by atoms with E-state index in [9.17, 15) is 9.59 Å². The molecule has 104 valence electrons. The van der Waals surface area contributed by atoms with E-state index < -0.39 is 0 Å². The smallest absolute Gasteiger partial charge is 0.305 e. The van der Waals surface area contributed by atoms with Gasteiger partial charge in [0.1, 0.15) is 0 Å². The van der Waals surface area contributed by atoms with Crippen molar-refractivity contribution in [1.29, 1.82) is 0 Å². The fourth-order valence-corrected chi connectivity index (χ4v) is 2.24. The van der Waals surface area contributed by atoms with Gasteiger partial charge in [0.15, 0.2) is 0 Å². The van der Waals surface area contributed by atoms with E-state index in [2.05, 4.69) is 21.2 Å². The first-order chi connectivity index (χ1) is 9.04. The summed E-state index contributed by atoms with van der Waals surface area (Å²) in [7, 11) is 0. The summed E-state index contributed by atoms with van der Waals surface area (Å²) in [6, 6.07) is 5.56. The van der Waals surface area contributed by atoms with Crippen LogP contribution in [0.4, 0.5) is 0 Å². The molecule has 0 spiro atoms. The first-order valence-electron chi connectivity index (χ1n) is 6.24. The summed E-state index contributed by atoms with van der Waals surface area (Å²) in [5, 5.41) is 2.78. The van der Waals surface area contributed by atoms with Crippen LogP contribution in [0.5, 0.6) is 0 Å². The molecule has 0 bridgehead atoms. The summed E-state index contributed by atoms with van der Waals surface area (Å²) in [5.74, 6) is -0.371. The second-order valence-electron chi connectivity index (χ2n) is 4.15. The fourth-order valence-electron chi connectivity index (χ4n) is 1.57. The molecule has 0 saturated carbocycles. The van der Waals surface area contributed by atoms with Gasteiger partial charge in [-0.3, -0.25) is 9.59 Å². The van der Waals surface area contributed by atoms with Crippen molar-refractivity contribution >= 4 is 27.8 Å². The zero-order valence-electron chi connectivity index (χ0n) is 11.2. The first-order valence-corrected chi connectivity index (χ1v) is 7.04. The molecule has 5 heteroatoms. The summed E-state index contributed by atoms with van der Waals surface area (Å²) < 4.78 is 5.58. The zero-order chi connectivity index (χ0) is 14.3. The summed E-state index contributed by atoms with van der Waals surface area (Å²) >= 11 is 3.37. The minimum atomic E-state index is -0.228. The molecular formula is C14H18BrNO3. The highest BCUT2D eigenvalue weighted by molar-refractivity contribution is 9.10. The molecule has 19 heavy (non-hydrogen) atoms. The summed E-state index contributed by atoms with van der Waals surface area (Å²) in [5.41, 5.74) is 1.69. The molecular weight excluding hydrogens is 310 g/mol. The predicted octanol–water partition coefficient (Wildman–Crippen LogP) is 2.83. The third-order valence-electron chi connectivity index (χ3n) is 2.52. The second-order valence-corrected chi connectivity index (χ2v) is 5.00. The number of aryl methyl sites for hydroxylation is 1. The van der Waals surface area contributed by atoms with Gasteiger partial charge in [-0.2, -0.15) is 0 Å². The molecule has 1 rings (SSSR count). The van der Waals surface area contributed by atoms with E-state index in [-0.39, 0.29) is 11.9 Å². The number of nitrogens with one attached hydrogen (secondary N) is 1. The quantitative estimate of drug-likeness (QED) is 0.645. The highest BCUT2D eigenvalue weighted by Crippen LogP contribution is 2.18. The summed E-state index contributed by atoms with van der Waals surface area (Å²) in [4.78, 5) is 23.0. The molecule has 1 amide bonds. The van der Waals surface area contributed by atoms with Crippen LogP contribution in [0.2, 0.25) is 0 Å². The summed E-state index contributed by atoms with van der Waals surface area (Å²) in [6.45, 7) is 4.58. The normalized spacial score (nSPS) is 10.1. The lowest BCUT2D eigenvalue weighted by molar-refractivity contribution is -0.143. The number of amides is 1. The maximum atomic E-state index is 11.9. The van der Waals surface area contributed by atoms with Crippen molar-refractivity contribution in [2.24, 2.45) is 0 Å². The number of esters is 1. The third kappa shape index (κ3) is 5.42. The Balaban J connectivity index is 2.37. The zero-order valence-corrected chi connectivity index (χ0v) is 12.7. The van der Waals surface area contributed by atoms with Gasteiger partial charge < -0.3 is 10.1 Å². The number of carbonyl (C=O) groups excluding carboxylic acids is 2. The first kappa shape index (κ1) is 15.7. The van der Waals surface area contributed by atoms with Crippen molar-refractivity contribution in [3.63, 3.8) is 0 Å². The molecule has 1 aromatic rings. The van der Waals surface area contributed by atoms with E-state index in [1.54, 1.807) is 13.0 Å². The molecule has 0 aromatic heterocycles. The lowest BCUT2D eigenvalue weighted by atomic mass is 10.1. The van der Waals surface area contributed by atoms with Crippen molar-refractivity contribution < 1.29 is 14.3 Å². The van der Waals surface area contributed by atoms with Crippen LogP contribution in [-0.2, 0) is 9.53 Å². The number of hydrogen-bond acceptors (Lipinski definition) is 3. The number of halogens is 1. The Morgan fingerprint density at radius 3 is 2.74 bits per heavy atom. The Hall–Kier alpha value is -1.36. The van der Waals surface area contributed by atoms with Gasteiger partial charge in [-0.25, -0.2) is 0 Å². The molecule has 0 aliphatic heterocycles. The van der Waals surface area contributed by atoms with Crippen LogP contribution in [0.3, 0.4) is 0 Å². The van der Waals surface area contributed by atoms with Gasteiger partial charge in [-0.05, 0) is 53.9 Å². The Morgan fingerprint density at radius 1 is 1.37 bits per heavy atom. The minimum absolute atomic E-state index is 0.143. The molecule has 0 radical (unpaired) electrons. The van der Waals surface area contributed by atoms with E-state index in [1.165, 1.54) is 0 Å². The molecule has 0 aliphatic carbocycles. The van der Waals surface area contributed by atoms with Gasteiger partial charge in [0.05, 0.1) is 12.2 Å². The van der Waals surface area contributed by atoms with Crippen molar-refractivity contribution in [3.8, 4) is 0 Å². The van der Waals surface area contributed by atoms with Gasteiger partial charge in [0.2, 0.25) is 0 Å². The number of rotatable bonds is 6. The van der Waals surface area contributed by atoms with Crippen LogP contribution in [0.25, 0.3) is 0 Å². The van der Waals surface area contributed by atoms with Crippen LogP contribution in [-0.4, -0.2) is 25.0 Å². The lowest BCUT2D eigenvalue weighted by Gasteiger charge is -2.07. The molecule has 4 nitrogen and oxygen atoms in total. The average Bonchev–Trinajstić information content (AvgIpc) is 2.34. The standard InChI is InChI=1S/C14H18BrNO3/c1-3-19-13(17)5-4-8-16-14(18)11-7-6-10(2)9-12(11)15/h6-7,9H,3-5,8H2,1-2H3,(H,16,18). The molecule has 1 N–H and O–H groups in total. The molecule has 0 saturated heterocycles. The van der Waals surface area contributed by atoms with Crippen molar-refractivity contribution in [3.05, 3.63) is 33.8 Å². The third-order valence-corrected chi connectivity index (χ3v) is 3.17. The maximum Gasteiger partial charge on any atom is 0.305 e. The Kier molecular flexibility index (Phi) is 6.56. The maximum absolute atomic E-state index is 11.9. The highest BCUT2D eigenvalue weighted by Gasteiger charge is 2.09. The van der Waals surface area contributed by atoms with Gasteiger partial charge in [-0.1, -0.05) is 6.07 Å². The van der Waals surface area contributed by atoms with E-state index in [1.807, 2.05) is 19.1 Å². The monoisotopic (exact) mass is 327 g/mol. The molecule has 0 heterocycles. The van der Waals surface area contributed by atoms with Crippen molar-refractivity contribution in [1.82, 2.24) is 5.32 Å². The predicted molar refractivity (Wildman–Crippen MR) is 77.1 cm³/mol. The van der Waals surface area contributed by atoms with Crippen molar-refractivity contribution in [2.45, 2.75) is 26.7 Å². The van der Waals surface area contributed by atoms with Crippen LogP contribution < -0.4 is 5.32 Å². The molecule has 0 fully saturated rings. The van der Waals surface area contributed by atoms with Crippen molar-refractivity contribution in [2.75, 3.05) is 13.2 Å². The van der Waals surface area contributed by atoms with E-state index in [4.69, 9.17) is 4.74 Å². The molecule has 1 aromatic carbocycles. The fraction of sp³-hybridized carbons (Fsp3) is 0.429. The Morgan fingerprint density at radius 2 is 2.11 bits per heavy atom. The van der Waals surface area contributed by atoms with Gasteiger partial charge in [0.25, 0.3) is 5.91 Å². The highest BCUT2D eigenvalue weighted by atomic mass is 79.9. The van der Waals surface area contributed by atoms with Crippen LogP contribution in [0.15, 0.2) is 22.7 Å². The largest absolute Gasteiger partial charge is 0.466 e. The molecule has 0 atom stereocenters. The average molecular weight is 328 g/mol. The Labute approximate surface area is 121 Å². The van der Waals surface area contributed by atoms with E-state index >= 15 is 0 Å². The Bertz CT molecular complexity index is 460. The number of carbonyl (C=O) groups is 2. The summed E-state index contributed by atoms with van der Waals surface area (Å²) in [6.07, 6.45) is 0.900. The number of ether oxygens (including phenoxy) is 1. The molecule has 0 aliphatic rings.